The van der Waals surface area contributed by atoms with Crippen LogP contribution >= 0.6 is 0 Å². The number of hydrogen-bond acceptors (Lipinski definition) is 6. The molecule has 7 heteroatoms. The lowest BCUT2D eigenvalue weighted by Gasteiger charge is -2.36. The number of nitrogens with one attached hydrogen (secondary N) is 1. The van der Waals surface area contributed by atoms with Gasteiger partial charge in [0.15, 0.2) is 0 Å². The number of fused-ring (bicyclic) bond motifs is 2. The fraction of sp³-hybridized carbons (Fsp3) is 0.381. The van der Waals surface area contributed by atoms with Gasteiger partial charge in [0.1, 0.15) is 11.8 Å². The first-order valence-electron chi connectivity index (χ1n) is 9.81. The third-order valence-electron chi connectivity index (χ3n) is 5.78. The molecule has 1 saturated heterocycles. The van der Waals surface area contributed by atoms with E-state index in [0.29, 0.717) is 11.6 Å². The van der Waals surface area contributed by atoms with Gasteiger partial charge in [-0.3, -0.25) is 4.98 Å². The van der Waals surface area contributed by atoms with Gasteiger partial charge in [0.25, 0.3) is 0 Å². The van der Waals surface area contributed by atoms with Crippen molar-refractivity contribution < 1.29 is 0 Å². The molecule has 2 aliphatic heterocycles. The Balaban J connectivity index is 1.51. The lowest BCUT2D eigenvalue weighted by molar-refractivity contribution is 0.585. The number of rotatable bonds is 2. The van der Waals surface area contributed by atoms with Gasteiger partial charge in [-0.15, -0.1) is 0 Å². The van der Waals surface area contributed by atoms with Gasteiger partial charge in [-0.25, -0.2) is 4.52 Å². The zero-order chi connectivity index (χ0) is 19.1. The third-order valence-corrected chi connectivity index (χ3v) is 5.78. The predicted octanol–water partition coefficient (Wildman–Crippen LogP) is 2.13. The van der Waals surface area contributed by atoms with Gasteiger partial charge in [0.05, 0.1) is 35.0 Å². The standard InChI is InChI=1S/C21H23N7/c1-15-13-27(19-3-2-17(11-22)28-20(19)4-5-25-28)14-16-10-18(12-24-21(15)16)26-8-6-23-7-9-26/h2-5,10,12,15,23H,6-9,13-14H2,1H3/t15-/m1/s1. The van der Waals surface area contributed by atoms with Gasteiger partial charge < -0.3 is 15.1 Å². The molecular formula is C21H23N7. The smallest absolute Gasteiger partial charge is 0.142 e. The molecule has 0 radical (unpaired) electrons. The van der Waals surface area contributed by atoms with Gasteiger partial charge in [0, 0.05) is 45.2 Å². The fourth-order valence-corrected chi connectivity index (χ4v) is 4.40. The van der Waals surface area contributed by atoms with Crippen molar-refractivity contribution >= 4 is 16.9 Å². The lowest BCUT2D eigenvalue weighted by atomic mass is 9.95. The second-order valence-corrected chi connectivity index (χ2v) is 7.60. The van der Waals surface area contributed by atoms with Crippen molar-refractivity contribution in [2.45, 2.75) is 19.4 Å². The molecule has 0 bridgehead atoms. The molecule has 5 rings (SSSR count). The Labute approximate surface area is 164 Å². The normalized spacial score (nSPS) is 19.5. The number of hydrogen-bond donors (Lipinski definition) is 1. The van der Waals surface area contributed by atoms with E-state index in [-0.39, 0.29) is 0 Å². The molecule has 7 nitrogen and oxygen atoms in total. The number of pyridine rings is 2. The molecule has 1 fully saturated rings. The summed E-state index contributed by atoms with van der Waals surface area (Å²) in [5, 5.41) is 17.1. The highest BCUT2D eigenvalue weighted by molar-refractivity contribution is 5.74. The van der Waals surface area contributed by atoms with E-state index in [0.717, 1.165) is 50.5 Å². The molecule has 0 aromatic carbocycles. The molecule has 0 unspecified atom stereocenters. The molecule has 1 N–H and O–H groups in total. The van der Waals surface area contributed by atoms with Crippen molar-refractivity contribution in [3.63, 3.8) is 0 Å². The molecule has 0 saturated carbocycles. The Kier molecular flexibility index (Phi) is 4.14. The van der Waals surface area contributed by atoms with E-state index in [1.54, 1.807) is 10.7 Å². The van der Waals surface area contributed by atoms with Gasteiger partial charge >= 0.3 is 0 Å². The van der Waals surface area contributed by atoms with Crippen molar-refractivity contribution in [1.82, 2.24) is 19.9 Å². The van der Waals surface area contributed by atoms with E-state index < -0.39 is 0 Å². The summed E-state index contributed by atoms with van der Waals surface area (Å²) in [6.45, 7) is 8.03. The lowest BCUT2D eigenvalue weighted by Crippen LogP contribution is -2.43. The first kappa shape index (κ1) is 17.0. The van der Waals surface area contributed by atoms with Crippen LogP contribution in [0.25, 0.3) is 5.52 Å². The van der Waals surface area contributed by atoms with Crippen LogP contribution in [0.3, 0.4) is 0 Å². The summed E-state index contributed by atoms with van der Waals surface area (Å²) >= 11 is 0. The number of piperazine rings is 1. The highest BCUT2D eigenvalue weighted by Crippen LogP contribution is 2.34. The fourth-order valence-electron chi connectivity index (χ4n) is 4.40. The Bertz CT molecular complexity index is 1060. The maximum atomic E-state index is 9.34. The second kappa shape index (κ2) is 6.80. The van der Waals surface area contributed by atoms with E-state index >= 15 is 0 Å². The first-order valence-corrected chi connectivity index (χ1v) is 9.81. The maximum absolute atomic E-state index is 9.34. The highest BCUT2D eigenvalue weighted by Gasteiger charge is 2.26. The molecule has 2 aliphatic rings. The zero-order valence-corrected chi connectivity index (χ0v) is 16.0. The van der Waals surface area contributed by atoms with Crippen LogP contribution in [0.5, 0.6) is 0 Å². The molecule has 1 atom stereocenters. The van der Waals surface area contributed by atoms with Crippen molar-refractivity contribution in [1.29, 1.82) is 5.26 Å². The predicted molar refractivity (Wildman–Crippen MR) is 109 cm³/mol. The molecule has 0 spiro atoms. The Morgan fingerprint density at radius 1 is 1.18 bits per heavy atom. The number of nitriles is 1. The van der Waals surface area contributed by atoms with Gasteiger partial charge in [-0.05, 0) is 29.8 Å². The summed E-state index contributed by atoms with van der Waals surface area (Å²) in [5.74, 6) is 0.347. The number of nitrogens with zero attached hydrogens (tertiary/aromatic N) is 6. The third kappa shape index (κ3) is 2.77. The number of anilines is 2. The summed E-state index contributed by atoms with van der Waals surface area (Å²) < 4.78 is 1.73. The van der Waals surface area contributed by atoms with Crippen LogP contribution in [-0.4, -0.2) is 47.3 Å². The van der Waals surface area contributed by atoms with Gasteiger partial charge in [0.2, 0.25) is 0 Å². The molecule has 5 heterocycles. The SMILES string of the molecule is C[C@@H]1CN(c2ccc(C#N)n3nccc23)Cc2cc(N3CCNCC3)cnc21. The summed E-state index contributed by atoms with van der Waals surface area (Å²) in [6, 6.07) is 10.4. The average molecular weight is 373 g/mol. The molecule has 3 aromatic rings. The van der Waals surface area contributed by atoms with Crippen LogP contribution in [0, 0.1) is 11.3 Å². The Morgan fingerprint density at radius 2 is 2.04 bits per heavy atom. The van der Waals surface area contributed by atoms with Crippen LogP contribution < -0.4 is 15.1 Å². The van der Waals surface area contributed by atoms with Crippen molar-refractivity contribution in [3.05, 3.63) is 53.6 Å². The van der Waals surface area contributed by atoms with E-state index in [1.165, 1.54) is 16.9 Å². The minimum Gasteiger partial charge on any atom is -0.368 e. The highest BCUT2D eigenvalue weighted by atomic mass is 15.2. The van der Waals surface area contributed by atoms with Crippen LogP contribution in [0.1, 0.15) is 29.8 Å². The largest absolute Gasteiger partial charge is 0.368 e. The van der Waals surface area contributed by atoms with Gasteiger partial charge in [-0.1, -0.05) is 6.92 Å². The molecular weight excluding hydrogens is 350 g/mol. The summed E-state index contributed by atoms with van der Waals surface area (Å²) in [4.78, 5) is 9.62. The van der Waals surface area contributed by atoms with E-state index in [9.17, 15) is 5.26 Å². The monoisotopic (exact) mass is 373 g/mol. The van der Waals surface area contributed by atoms with Crippen LogP contribution in [0.2, 0.25) is 0 Å². The summed E-state index contributed by atoms with van der Waals surface area (Å²) in [5.41, 5.74) is 6.34. The van der Waals surface area contributed by atoms with Crippen LogP contribution in [-0.2, 0) is 6.54 Å². The number of aromatic nitrogens is 3. The van der Waals surface area contributed by atoms with Crippen LogP contribution in [0.4, 0.5) is 11.4 Å². The zero-order valence-electron chi connectivity index (χ0n) is 16.0. The van der Waals surface area contributed by atoms with Crippen molar-refractivity contribution in [2.24, 2.45) is 0 Å². The average Bonchev–Trinajstić information content (AvgIpc) is 3.23. The summed E-state index contributed by atoms with van der Waals surface area (Å²) in [6.07, 6.45) is 3.79. The Morgan fingerprint density at radius 3 is 2.86 bits per heavy atom. The first-order chi connectivity index (χ1) is 13.7. The summed E-state index contributed by atoms with van der Waals surface area (Å²) in [7, 11) is 0. The van der Waals surface area contributed by atoms with E-state index in [1.807, 2.05) is 24.4 Å². The van der Waals surface area contributed by atoms with E-state index in [4.69, 9.17) is 4.98 Å². The maximum Gasteiger partial charge on any atom is 0.142 e. The minimum atomic E-state index is 0.347. The van der Waals surface area contributed by atoms with Crippen LogP contribution in [0.15, 0.2) is 36.7 Å². The second-order valence-electron chi connectivity index (χ2n) is 7.60. The topological polar surface area (TPSA) is 72.5 Å². The molecule has 142 valence electrons. The van der Waals surface area contributed by atoms with E-state index in [2.05, 4.69) is 39.3 Å². The molecule has 0 amide bonds. The minimum absolute atomic E-state index is 0.347. The van der Waals surface area contributed by atoms with Crippen molar-refractivity contribution in [2.75, 3.05) is 42.5 Å². The van der Waals surface area contributed by atoms with Crippen molar-refractivity contribution in [3.8, 4) is 6.07 Å². The van der Waals surface area contributed by atoms with Gasteiger partial charge in [-0.2, -0.15) is 10.4 Å². The Hall–Kier alpha value is -3.11. The molecule has 28 heavy (non-hydrogen) atoms. The quantitative estimate of drug-likeness (QED) is 0.742. The molecule has 0 aliphatic carbocycles. The molecule has 3 aromatic heterocycles.